The average Bonchev–Trinajstić information content (AvgIpc) is 2.53. The minimum atomic E-state index is 0.339. The highest BCUT2D eigenvalue weighted by Gasteiger charge is 2.30. The normalized spacial score (nSPS) is 25.4. The van der Waals surface area contributed by atoms with E-state index in [1.807, 2.05) is 11.8 Å². The third kappa shape index (κ3) is 4.17. The van der Waals surface area contributed by atoms with Crippen molar-refractivity contribution in [3.63, 3.8) is 0 Å². The Hall–Kier alpha value is -0.850. The number of hydrogen-bond acceptors (Lipinski definition) is 6. The first-order chi connectivity index (χ1) is 11.2. The number of nitrogens with zero attached hydrogens (tertiary/aromatic N) is 3. The molecule has 1 aliphatic carbocycles. The fourth-order valence-corrected chi connectivity index (χ4v) is 4.34. The van der Waals surface area contributed by atoms with Crippen LogP contribution in [0.5, 0.6) is 0 Å². The number of rotatable bonds is 6. The molecule has 0 amide bonds. The van der Waals surface area contributed by atoms with Crippen LogP contribution in [0.2, 0.25) is 0 Å². The van der Waals surface area contributed by atoms with E-state index in [0.717, 1.165) is 49.2 Å². The van der Waals surface area contributed by atoms with Gasteiger partial charge in [0.1, 0.15) is 12.4 Å². The highest BCUT2D eigenvalue weighted by atomic mass is 32.2. The fourth-order valence-electron chi connectivity index (χ4n) is 3.54. The summed E-state index contributed by atoms with van der Waals surface area (Å²) in [6.07, 6.45) is 6.79. The van der Waals surface area contributed by atoms with Gasteiger partial charge in [-0.25, -0.2) is 9.97 Å². The number of aromatic nitrogens is 2. The van der Waals surface area contributed by atoms with Crippen molar-refractivity contribution in [2.45, 2.75) is 44.2 Å². The number of anilines is 1. The maximum Gasteiger partial charge on any atom is 0.156 e. The Morgan fingerprint density at radius 3 is 2.65 bits per heavy atom. The van der Waals surface area contributed by atoms with Crippen LogP contribution in [0.25, 0.3) is 0 Å². The Balaban J connectivity index is 1.73. The molecule has 1 aromatic heterocycles. The van der Waals surface area contributed by atoms with Crippen molar-refractivity contribution in [3.8, 4) is 0 Å². The van der Waals surface area contributed by atoms with Crippen LogP contribution >= 0.6 is 11.8 Å². The van der Waals surface area contributed by atoms with Crippen molar-refractivity contribution >= 4 is 17.6 Å². The SMILES string of the molecule is COCc1nc(C2CC(N)C2)cc(N2CCC(CSC)CC2)n1. The molecule has 1 aromatic rings. The standard InChI is InChI=1S/C17H28N4OS/c1-22-10-16-19-15(13-7-14(18)8-13)9-17(20-16)21-5-3-12(4-6-21)11-23-2/h9,12-14H,3-8,10-11,18H2,1-2H3. The second kappa shape index (κ2) is 7.81. The van der Waals surface area contributed by atoms with E-state index in [9.17, 15) is 0 Å². The lowest BCUT2D eigenvalue weighted by atomic mass is 9.78. The van der Waals surface area contributed by atoms with E-state index in [1.165, 1.54) is 18.6 Å². The largest absolute Gasteiger partial charge is 0.377 e. The van der Waals surface area contributed by atoms with Gasteiger partial charge in [0.2, 0.25) is 0 Å². The van der Waals surface area contributed by atoms with E-state index in [0.29, 0.717) is 18.6 Å². The van der Waals surface area contributed by atoms with Gasteiger partial charge in [-0.2, -0.15) is 11.8 Å². The number of hydrogen-bond donors (Lipinski definition) is 1. The molecule has 2 N–H and O–H groups in total. The van der Waals surface area contributed by atoms with Gasteiger partial charge in [-0.05, 0) is 43.6 Å². The van der Waals surface area contributed by atoms with E-state index in [4.69, 9.17) is 20.4 Å². The third-order valence-electron chi connectivity index (χ3n) is 4.99. The Bertz CT molecular complexity index is 513. The van der Waals surface area contributed by atoms with Gasteiger partial charge in [-0.15, -0.1) is 0 Å². The molecule has 1 aliphatic heterocycles. The smallest absolute Gasteiger partial charge is 0.156 e. The van der Waals surface area contributed by atoms with E-state index < -0.39 is 0 Å². The Kier molecular flexibility index (Phi) is 5.77. The molecule has 5 nitrogen and oxygen atoms in total. The van der Waals surface area contributed by atoms with Gasteiger partial charge in [-0.3, -0.25) is 0 Å². The number of ether oxygens (including phenoxy) is 1. The minimum Gasteiger partial charge on any atom is -0.377 e. The van der Waals surface area contributed by atoms with Crippen molar-refractivity contribution in [2.24, 2.45) is 11.7 Å². The second-order valence-electron chi connectivity index (χ2n) is 6.81. The van der Waals surface area contributed by atoms with Crippen LogP contribution in [0.15, 0.2) is 6.07 Å². The molecule has 1 saturated carbocycles. The number of thioether (sulfide) groups is 1. The van der Waals surface area contributed by atoms with Crippen LogP contribution in [-0.2, 0) is 11.3 Å². The molecular formula is C17H28N4OS. The molecule has 2 aliphatic rings. The maximum atomic E-state index is 5.95. The molecule has 0 bridgehead atoms. The molecule has 6 heteroatoms. The Morgan fingerprint density at radius 2 is 2.04 bits per heavy atom. The quantitative estimate of drug-likeness (QED) is 0.861. The van der Waals surface area contributed by atoms with Gasteiger partial charge in [-0.1, -0.05) is 0 Å². The van der Waals surface area contributed by atoms with Crippen molar-refractivity contribution in [2.75, 3.05) is 37.1 Å². The summed E-state index contributed by atoms with van der Waals surface area (Å²) >= 11 is 1.96. The fraction of sp³-hybridized carbons (Fsp3) is 0.765. The molecular weight excluding hydrogens is 308 g/mol. The zero-order valence-corrected chi connectivity index (χ0v) is 15.0. The number of methoxy groups -OCH3 is 1. The molecule has 2 fully saturated rings. The van der Waals surface area contributed by atoms with Crippen LogP contribution in [0.1, 0.15) is 43.1 Å². The molecule has 0 aromatic carbocycles. The third-order valence-corrected chi connectivity index (χ3v) is 5.79. The monoisotopic (exact) mass is 336 g/mol. The number of nitrogens with two attached hydrogens (primary N) is 1. The van der Waals surface area contributed by atoms with Crippen molar-refractivity contribution in [3.05, 3.63) is 17.6 Å². The molecule has 0 radical (unpaired) electrons. The summed E-state index contributed by atoms with van der Waals surface area (Å²) in [5.74, 6) is 4.50. The molecule has 0 atom stereocenters. The van der Waals surface area contributed by atoms with Gasteiger partial charge in [0, 0.05) is 43.9 Å². The zero-order chi connectivity index (χ0) is 16.2. The first kappa shape index (κ1) is 17.0. The van der Waals surface area contributed by atoms with E-state index in [-0.39, 0.29) is 0 Å². The molecule has 3 rings (SSSR count). The maximum absolute atomic E-state index is 5.95. The van der Waals surface area contributed by atoms with Gasteiger partial charge in [0.25, 0.3) is 0 Å². The summed E-state index contributed by atoms with van der Waals surface area (Å²) in [6, 6.07) is 2.52. The molecule has 0 unspecified atom stereocenters. The zero-order valence-electron chi connectivity index (χ0n) is 14.2. The lowest BCUT2D eigenvalue weighted by Crippen LogP contribution is -2.37. The van der Waals surface area contributed by atoms with Gasteiger partial charge in [0.15, 0.2) is 5.82 Å². The second-order valence-corrected chi connectivity index (χ2v) is 7.73. The Morgan fingerprint density at radius 1 is 1.30 bits per heavy atom. The molecule has 1 saturated heterocycles. The number of piperidine rings is 1. The molecule has 2 heterocycles. The highest BCUT2D eigenvalue weighted by molar-refractivity contribution is 7.98. The minimum absolute atomic E-state index is 0.339. The summed E-state index contributed by atoms with van der Waals surface area (Å²) in [4.78, 5) is 11.8. The van der Waals surface area contributed by atoms with Crippen LogP contribution < -0.4 is 10.6 Å². The van der Waals surface area contributed by atoms with Gasteiger partial charge >= 0.3 is 0 Å². The summed E-state index contributed by atoms with van der Waals surface area (Å²) in [5, 5.41) is 0. The molecule has 23 heavy (non-hydrogen) atoms. The topological polar surface area (TPSA) is 64.3 Å². The summed E-state index contributed by atoms with van der Waals surface area (Å²) in [5.41, 5.74) is 7.10. The average molecular weight is 337 g/mol. The van der Waals surface area contributed by atoms with Crippen LogP contribution in [0, 0.1) is 5.92 Å². The summed E-state index contributed by atoms with van der Waals surface area (Å²) < 4.78 is 5.26. The van der Waals surface area contributed by atoms with Crippen molar-refractivity contribution in [1.82, 2.24) is 9.97 Å². The van der Waals surface area contributed by atoms with Gasteiger partial charge < -0.3 is 15.4 Å². The summed E-state index contributed by atoms with van der Waals surface area (Å²) in [7, 11) is 1.70. The van der Waals surface area contributed by atoms with E-state index >= 15 is 0 Å². The lowest BCUT2D eigenvalue weighted by molar-refractivity contribution is 0.177. The van der Waals surface area contributed by atoms with E-state index in [2.05, 4.69) is 17.2 Å². The molecule has 128 valence electrons. The van der Waals surface area contributed by atoms with Crippen LogP contribution in [0.4, 0.5) is 5.82 Å². The molecule has 0 spiro atoms. The van der Waals surface area contributed by atoms with Crippen LogP contribution in [0.3, 0.4) is 0 Å². The Labute approximate surface area is 143 Å². The van der Waals surface area contributed by atoms with Crippen molar-refractivity contribution < 1.29 is 4.74 Å². The lowest BCUT2D eigenvalue weighted by Gasteiger charge is -2.35. The predicted octanol–water partition coefficient (Wildman–Crippen LogP) is 2.41. The highest BCUT2D eigenvalue weighted by Crippen LogP contribution is 2.36. The first-order valence-electron chi connectivity index (χ1n) is 8.55. The van der Waals surface area contributed by atoms with Gasteiger partial charge in [0.05, 0.1) is 0 Å². The predicted molar refractivity (Wildman–Crippen MR) is 96.0 cm³/mol. The van der Waals surface area contributed by atoms with Crippen molar-refractivity contribution in [1.29, 1.82) is 0 Å². The summed E-state index contributed by atoms with van der Waals surface area (Å²) in [6.45, 7) is 2.67. The first-order valence-corrected chi connectivity index (χ1v) is 9.95. The van der Waals surface area contributed by atoms with Crippen LogP contribution in [-0.4, -0.2) is 48.2 Å². The van der Waals surface area contributed by atoms with E-state index in [1.54, 1.807) is 7.11 Å².